The predicted molar refractivity (Wildman–Crippen MR) is 153 cm³/mol. The van der Waals surface area contributed by atoms with E-state index < -0.39 is 28.0 Å². The number of nitrogens with one attached hydrogen (secondary N) is 1. The Balaban J connectivity index is 1.45. The van der Waals surface area contributed by atoms with Crippen molar-refractivity contribution in [3.8, 4) is 0 Å². The van der Waals surface area contributed by atoms with E-state index in [-0.39, 0.29) is 4.90 Å². The summed E-state index contributed by atoms with van der Waals surface area (Å²) in [7, 11) is -3.55. The van der Waals surface area contributed by atoms with Crippen molar-refractivity contribution in [2.75, 3.05) is 18.4 Å². The van der Waals surface area contributed by atoms with Gasteiger partial charge in [0, 0.05) is 30.4 Å². The van der Waals surface area contributed by atoms with Gasteiger partial charge in [-0.05, 0) is 67.7 Å². The number of carbonyl (C=O) groups is 2. The third-order valence-corrected chi connectivity index (χ3v) is 8.63. The van der Waals surface area contributed by atoms with E-state index in [4.69, 9.17) is 4.74 Å². The average molecular weight is 547 g/mol. The molecule has 3 aromatic rings. The lowest BCUT2D eigenvalue weighted by atomic mass is 10.1. The second-order valence-electron chi connectivity index (χ2n) is 9.76. The Hall–Kier alpha value is -3.75. The van der Waals surface area contributed by atoms with Crippen molar-refractivity contribution < 1.29 is 22.7 Å². The summed E-state index contributed by atoms with van der Waals surface area (Å²) in [5, 5.41) is 2.88. The molecule has 1 atom stereocenters. The molecule has 0 saturated carbocycles. The highest BCUT2D eigenvalue weighted by Gasteiger charge is 2.26. The van der Waals surface area contributed by atoms with Crippen molar-refractivity contribution in [3.63, 3.8) is 0 Å². The van der Waals surface area contributed by atoms with Gasteiger partial charge in [-0.3, -0.25) is 4.79 Å². The highest BCUT2D eigenvalue weighted by atomic mass is 32.2. The zero-order chi connectivity index (χ0) is 27.8. The van der Waals surface area contributed by atoms with Crippen molar-refractivity contribution in [3.05, 3.63) is 101 Å². The zero-order valence-corrected chi connectivity index (χ0v) is 23.1. The summed E-state index contributed by atoms with van der Waals surface area (Å²) in [4.78, 5) is 26.2. The molecule has 0 radical (unpaired) electrons. The maximum absolute atomic E-state index is 13.2. The first-order valence-corrected chi connectivity index (χ1v) is 14.6. The van der Waals surface area contributed by atoms with Gasteiger partial charge < -0.3 is 10.1 Å². The van der Waals surface area contributed by atoms with E-state index in [0.717, 1.165) is 36.8 Å². The summed E-state index contributed by atoms with van der Waals surface area (Å²) >= 11 is 0. The normalized spacial score (nSPS) is 15.4. The molecule has 8 heteroatoms. The van der Waals surface area contributed by atoms with Gasteiger partial charge in [-0.25, -0.2) is 13.2 Å². The fraction of sp³-hybridized carbons (Fsp3) is 0.290. The number of anilines is 1. The molecule has 0 aliphatic carbocycles. The smallest absolute Gasteiger partial charge is 0.331 e. The second kappa shape index (κ2) is 12.9. The maximum Gasteiger partial charge on any atom is 0.331 e. The van der Waals surface area contributed by atoms with Gasteiger partial charge in [0.15, 0.2) is 0 Å². The molecule has 39 heavy (non-hydrogen) atoms. The van der Waals surface area contributed by atoms with E-state index >= 15 is 0 Å². The number of carbonyl (C=O) groups excluding carboxylic acids is 2. The molecule has 1 heterocycles. The summed E-state index contributed by atoms with van der Waals surface area (Å²) in [6.07, 6.45) is 5.46. The molecule has 1 saturated heterocycles. The Kier molecular flexibility index (Phi) is 9.32. The Labute approximate surface area is 230 Å². The summed E-state index contributed by atoms with van der Waals surface area (Å²) in [5.41, 5.74) is 3.73. The van der Waals surface area contributed by atoms with Crippen molar-refractivity contribution in [2.24, 2.45) is 0 Å². The van der Waals surface area contributed by atoms with E-state index in [1.807, 2.05) is 38.1 Å². The number of nitrogens with zero attached hydrogens (tertiary/aromatic N) is 1. The molecule has 0 bridgehead atoms. The first kappa shape index (κ1) is 28.3. The number of hydrogen-bond donors (Lipinski definition) is 1. The van der Waals surface area contributed by atoms with Crippen LogP contribution in [-0.2, 0) is 24.3 Å². The summed E-state index contributed by atoms with van der Waals surface area (Å²) < 4.78 is 33.1. The monoisotopic (exact) mass is 546 g/mol. The van der Waals surface area contributed by atoms with Gasteiger partial charge in [-0.2, -0.15) is 4.31 Å². The minimum absolute atomic E-state index is 0.233. The number of benzene rings is 3. The van der Waals surface area contributed by atoms with E-state index in [0.29, 0.717) is 29.9 Å². The fourth-order valence-electron chi connectivity index (χ4n) is 4.47. The van der Waals surface area contributed by atoms with Crippen LogP contribution in [-0.4, -0.2) is 37.7 Å². The number of ether oxygens (including phenoxy) is 1. The Morgan fingerprint density at radius 1 is 0.897 bits per heavy atom. The lowest BCUT2D eigenvalue weighted by Crippen LogP contribution is -2.31. The minimum Gasteiger partial charge on any atom is -0.444 e. The standard InChI is InChI=1S/C31H34N2O5S/c1-23-12-13-24(2)28(22-23)32-31(35)30(26-10-6-5-7-11-26)38-29(34)19-16-25-14-17-27(18-15-25)39(36,37)33-20-8-3-4-9-21-33/h5-7,10-19,22,30H,3-4,8-9,20-21H2,1-2H3,(H,32,35)/b19-16+/t30-/m1/s1. The van der Waals surface area contributed by atoms with Gasteiger partial charge in [-0.15, -0.1) is 0 Å². The van der Waals surface area contributed by atoms with Crippen LogP contribution in [0.1, 0.15) is 54.0 Å². The van der Waals surface area contributed by atoms with Crippen molar-refractivity contribution >= 4 is 33.7 Å². The SMILES string of the molecule is Cc1ccc(C)c(NC(=O)[C@H](OC(=O)/C=C/c2ccc(S(=O)(=O)N3CCCCCC3)cc2)c2ccccc2)c1. The van der Waals surface area contributed by atoms with E-state index in [1.165, 1.54) is 12.2 Å². The number of aryl methyl sites for hydroxylation is 2. The molecule has 7 nitrogen and oxygen atoms in total. The molecule has 1 aliphatic heterocycles. The third kappa shape index (κ3) is 7.43. The predicted octanol–water partition coefficient (Wildman–Crippen LogP) is 5.80. The molecule has 3 aromatic carbocycles. The van der Waals surface area contributed by atoms with Crippen LogP contribution in [0.25, 0.3) is 6.08 Å². The van der Waals surface area contributed by atoms with E-state index in [9.17, 15) is 18.0 Å². The number of esters is 1. The molecule has 4 rings (SSSR count). The highest BCUT2D eigenvalue weighted by Crippen LogP contribution is 2.24. The van der Waals surface area contributed by atoms with Gasteiger partial charge in [0.25, 0.3) is 5.91 Å². The van der Waals surface area contributed by atoms with E-state index in [2.05, 4.69) is 5.32 Å². The topological polar surface area (TPSA) is 92.8 Å². The molecule has 1 amide bonds. The number of rotatable bonds is 8. The maximum atomic E-state index is 13.2. The van der Waals surface area contributed by atoms with Crippen molar-refractivity contribution in [1.29, 1.82) is 0 Å². The van der Waals surface area contributed by atoms with Gasteiger partial charge in [0.2, 0.25) is 16.1 Å². The van der Waals surface area contributed by atoms with Gasteiger partial charge in [-0.1, -0.05) is 67.4 Å². The molecule has 1 aliphatic rings. The summed E-state index contributed by atoms with van der Waals surface area (Å²) in [6.45, 7) is 4.90. The molecule has 0 unspecified atom stereocenters. The first-order valence-electron chi connectivity index (χ1n) is 13.2. The van der Waals surface area contributed by atoms with Crippen LogP contribution in [0.5, 0.6) is 0 Å². The van der Waals surface area contributed by atoms with Crippen LogP contribution in [0.3, 0.4) is 0 Å². The molecule has 204 valence electrons. The van der Waals surface area contributed by atoms with Crippen LogP contribution in [0, 0.1) is 13.8 Å². The molecule has 0 spiro atoms. The molecule has 0 aromatic heterocycles. The second-order valence-corrected chi connectivity index (χ2v) is 11.7. The molecular weight excluding hydrogens is 512 g/mol. The van der Waals surface area contributed by atoms with E-state index in [1.54, 1.807) is 52.8 Å². The quantitative estimate of drug-likeness (QED) is 0.285. The molecular formula is C31H34N2O5S. The summed E-state index contributed by atoms with van der Waals surface area (Å²) in [5.74, 6) is -1.15. The Bertz CT molecular complexity index is 1430. The van der Waals surface area contributed by atoms with Crippen LogP contribution < -0.4 is 5.32 Å². The van der Waals surface area contributed by atoms with Crippen LogP contribution in [0.2, 0.25) is 0 Å². The fourth-order valence-corrected chi connectivity index (χ4v) is 5.99. The lowest BCUT2D eigenvalue weighted by molar-refractivity contribution is -0.149. The highest BCUT2D eigenvalue weighted by molar-refractivity contribution is 7.89. The van der Waals surface area contributed by atoms with Crippen molar-refractivity contribution in [1.82, 2.24) is 4.31 Å². The minimum atomic E-state index is -3.55. The van der Waals surface area contributed by atoms with Crippen LogP contribution in [0.4, 0.5) is 5.69 Å². The largest absolute Gasteiger partial charge is 0.444 e. The molecule has 1 N–H and O–H groups in total. The van der Waals surface area contributed by atoms with Gasteiger partial charge in [0.1, 0.15) is 0 Å². The Morgan fingerprint density at radius 2 is 1.56 bits per heavy atom. The number of hydrogen-bond acceptors (Lipinski definition) is 5. The van der Waals surface area contributed by atoms with Crippen LogP contribution >= 0.6 is 0 Å². The lowest BCUT2D eigenvalue weighted by Gasteiger charge is -2.20. The Morgan fingerprint density at radius 3 is 2.23 bits per heavy atom. The molecule has 1 fully saturated rings. The number of amides is 1. The summed E-state index contributed by atoms with van der Waals surface area (Å²) in [6, 6.07) is 21.0. The number of sulfonamides is 1. The van der Waals surface area contributed by atoms with Crippen LogP contribution in [0.15, 0.2) is 83.8 Å². The van der Waals surface area contributed by atoms with Gasteiger partial charge >= 0.3 is 5.97 Å². The third-order valence-electron chi connectivity index (χ3n) is 6.72. The first-order chi connectivity index (χ1) is 18.7. The zero-order valence-electron chi connectivity index (χ0n) is 22.3. The average Bonchev–Trinajstić information content (AvgIpc) is 3.24. The van der Waals surface area contributed by atoms with Crippen molar-refractivity contribution in [2.45, 2.75) is 50.5 Å². The van der Waals surface area contributed by atoms with Gasteiger partial charge in [0.05, 0.1) is 4.90 Å².